The van der Waals surface area contributed by atoms with Crippen molar-refractivity contribution in [3.63, 3.8) is 0 Å². The van der Waals surface area contributed by atoms with Crippen LogP contribution in [0.2, 0.25) is 5.28 Å². The van der Waals surface area contributed by atoms with Crippen LogP contribution < -0.4 is 10.2 Å². The number of aromatic amines is 1. The van der Waals surface area contributed by atoms with Gasteiger partial charge in [-0.05, 0) is 32.4 Å². The van der Waals surface area contributed by atoms with Gasteiger partial charge in [0.15, 0.2) is 23.0 Å². The number of carbonyl (C=O) groups is 2. The normalized spacial score (nSPS) is 14.3. The average molecular weight is 619 g/mol. The highest BCUT2D eigenvalue weighted by Gasteiger charge is 2.41. The van der Waals surface area contributed by atoms with Crippen molar-refractivity contribution in [2.75, 3.05) is 36.5 Å². The zero-order valence-corrected chi connectivity index (χ0v) is 24.3. The lowest BCUT2D eigenvalue weighted by Gasteiger charge is -2.29. The summed E-state index contributed by atoms with van der Waals surface area (Å²) in [6, 6.07) is 0. The van der Waals surface area contributed by atoms with E-state index in [9.17, 15) is 22.8 Å². The zero-order valence-electron chi connectivity index (χ0n) is 23.6. The Morgan fingerprint density at radius 1 is 0.952 bits per heavy atom. The number of H-pyrrole nitrogens is 1. The molecular formula is C24H30ClF3N8O6. The fourth-order valence-corrected chi connectivity index (χ4v) is 4.03. The third-order valence-corrected chi connectivity index (χ3v) is 5.57. The van der Waals surface area contributed by atoms with Gasteiger partial charge in [-0.15, -0.1) is 0 Å². The van der Waals surface area contributed by atoms with Gasteiger partial charge >= 0.3 is 18.5 Å². The number of alkyl halides is 3. The summed E-state index contributed by atoms with van der Waals surface area (Å²) in [5.41, 5.74) is -1.96. The van der Waals surface area contributed by atoms with Crippen LogP contribution >= 0.6 is 11.6 Å². The molecule has 1 aliphatic heterocycles. The van der Waals surface area contributed by atoms with E-state index in [-0.39, 0.29) is 34.0 Å². The number of rotatable bonds is 3. The zero-order chi connectivity index (χ0) is 31.6. The first kappa shape index (κ1) is 32.5. The third kappa shape index (κ3) is 8.28. The molecule has 3 aromatic heterocycles. The number of nitrogens with one attached hydrogen (secondary N) is 2. The molecular weight excluding hydrogens is 589 g/mol. The highest BCUT2D eigenvalue weighted by atomic mass is 35.5. The topological polar surface area (TPSA) is 189 Å². The molecule has 4 N–H and O–H groups in total. The van der Waals surface area contributed by atoms with Gasteiger partial charge in [-0.3, -0.25) is 0 Å². The van der Waals surface area contributed by atoms with Crippen molar-refractivity contribution in [2.45, 2.75) is 58.7 Å². The summed E-state index contributed by atoms with van der Waals surface area (Å²) in [6.07, 6.45) is -8.41. The number of fused-ring (bicyclic) bond motifs is 1. The number of hydrogen-bond acceptors (Lipinski definition) is 11. The molecule has 1 fully saturated rings. The molecule has 4 heterocycles. The fraction of sp³-hybridized carbons (Fsp3) is 0.542. The molecule has 0 saturated carbocycles. The van der Waals surface area contributed by atoms with Crippen molar-refractivity contribution in [1.29, 1.82) is 0 Å². The number of imidazole rings is 1. The Bertz CT molecular complexity index is 1420. The van der Waals surface area contributed by atoms with Gasteiger partial charge < -0.3 is 34.9 Å². The first-order valence-electron chi connectivity index (χ1n) is 12.4. The number of anilines is 2. The smallest absolute Gasteiger partial charge is 0.449 e. The van der Waals surface area contributed by atoms with E-state index in [4.69, 9.17) is 26.6 Å². The number of hydrogen-bond donors (Lipinski definition) is 4. The summed E-state index contributed by atoms with van der Waals surface area (Å²) in [6.45, 7) is 12.7. The van der Waals surface area contributed by atoms with Crippen LogP contribution in [0.5, 0.6) is 0 Å². The first-order valence-corrected chi connectivity index (χ1v) is 12.8. The van der Waals surface area contributed by atoms with Crippen LogP contribution in [0.4, 0.5) is 34.5 Å². The quantitative estimate of drug-likeness (QED) is 0.171. The predicted octanol–water partition coefficient (Wildman–Crippen LogP) is 5.19. The maximum Gasteiger partial charge on any atom is 0.516 e. The minimum atomic E-state index is -4.78. The average Bonchev–Trinajstić information content (AvgIpc) is 3.21. The van der Waals surface area contributed by atoms with Crippen molar-refractivity contribution in [3.8, 4) is 11.4 Å². The van der Waals surface area contributed by atoms with Crippen LogP contribution in [0, 0.1) is 0 Å². The fourth-order valence-electron chi connectivity index (χ4n) is 3.86. The molecule has 42 heavy (non-hydrogen) atoms. The minimum Gasteiger partial charge on any atom is -0.449 e. The lowest BCUT2D eigenvalue weighted by Crippen LogP contribution is -2.37. The van der Waals surface area contributed by atoms with Crippen molar-refractivity contribution < 1.29 is 42.4 Å². The van der Waals surface area contributed by atoms with E-state index in [0.717, 1.165) is 0 Å². The second kappa shape index (κ2) is 12.1. The first-order chi connectivity index (χ1) is 19.3. The lowest BCUT2D eigenvalue weighted by molar-refractivity contribution is -0.140. The molecule has 18 heteroatoms. The van der Waals surface area contributed by atoms with Gasteiger partial charge in [-0.2, -0.15) is 18.2 Å². The Morgan fingerprint density at radius 3 is 2.00 bits per heavy atom. The van der Waals surface area contributed by atoms with Crippen molar-refractivity contribution >= 4 is 46.8 Å². The highest BCUT2D eigenvalue weighted by molar-refractivity contribution is 6.29. The van der Waals surface area contributed by atoms with Crippen molar-refractivity contribution in [3.05, 3.63) is 16.7 Å². The van der Waals surface area contributed by atoms with Crippen LogP contribution in [0.15, 0.2) is 0 Å². The molecule has 0 radical (unpaired) electrons. The molecule has 0 aliphatic carbocycles. The van der Waals surface area contributed by atoms with Crippen LogP contribution in [-0.4, -0.2) is 84.3 Å². The molecule has 1 saturated heterocycles. The molecule has 4 rings (SSSR count). The summed E-state index contributed by atoms with van der Waals surface area (Å²) in [5.74, 6) is 0.120. The summed E-state index contributed by atoms with van der Waals surface area (Å²) in [7, 11) is 0. The van der Waals surface area contributed by atoms with Gasteiger partial charge in [-0.1, -0.05) is 20.8 Å². The van der Waals surface area contributed by atoms with Crippen LogP contribution in [0.1, 0.15) is 52.9 Å². The monoisotopic (exact) mass is 618 g/mol. The Morgan fingerprint density at radius 2 is 1.52 bits per heavy atom. The molecule has 0 bridgehead atoms. The van der Waals surface area contributed by atoms with Gasteiger partial charge in [0.25, 0.3) is 0 Å². The second-order valence-corrected chi connectivity index (χ2v) is 11.4. The summed E-state index contributed by atoms with van der Waals surface area (Å²) >= 11 is 6.09. The number of ether oxygens (including phenoxy) is 2. The maximum atomic E-state index is 14.4. The largest absolute Gasteiger partial charge is 0.516 e. The Balaban J connectivity index is 0.000000616. The molecule has 14 nitrogen and oxygen atoms in total. The van der Waals surface area contributed by atoms with E-state index in [1.54, 1.807) is 20.8 Å². The van der Waals surface area contributed by atoms with E-state index >= 15 is 0 Å². The summed E-state index contributed by atoms with van der Waals surface area (Å²) in [4.78, 5) is 44.8. The van der Waals surface area contributed by atoms with E-state index in [2.05, 4.69) is 40.0 Å². The Kier molecular flexibility index (Phi) is 9.36. The number of halogens is 4. The van der Waals surface area contributed by atoms with E-state index < -0.39 is 35.1 Å². The van der Waals surface area contributed by atoms with Crippen LogP contribution in [-0.2, 0) is 21.1 Å². The van der Waals surface area contributed by atoms with Gasteiger partial charge in [0.05, 0.1) is 24.5 Å². The third-order valence-electron chi connectivity index (χ3n) is 5.39. The minimum absolute atomic E-state index is 0.0639. The summed E-state index contributed by atoms with van der Waals surface area (Å²) < 4.78 is 51.8. The van der Waals surface area contributed by atoms with Gasteiger partial charge in [0.2, 0.25) is 11.2 Å². The molecule has 0 aromatic carbocycles. The Hall–Kier alpha value is -3.99. The van der Waals surface area contributed by atoms with E-state index in [0.29, 0.717) is 37.6 Å². The van der Waals surface area contributed by atoms with Gasteiger partial charge in [0, 0.05) is 24.0 Å². The molecule has 0 amide bonds. The number of morpholine rings is 1. The molecule has 0 unspecified atom stereocenters. The Labute approximate surface area is 242 Å². The lowest BCUT2D eigenvalue weighted by atomic mass is 9.87. The molecule has 1 aliphatic rings. The molecule has 0 spiro atoms. The summed E-state index contributed by atoms with van der Waals surface area (Å²) in [5, 5.41) is 18.0. The second-order valence-electron chi connectivity index (χ2n) is 11.1. The number of nitrogens with zero attached hydrogens (tertiary/aromatic N) is 6. The number of aromatic nitrogens is 6. The predicted molar refractivity (Wildman–Crippen MR) is 145 cm³/mol. The molecule has 230 valence electrons. The molecule has 0 atom stereocenters. The van der Waals surface area contributed by atoms with Crippen LogP contribution in [0.3, 0.4) is 0 Å². The van der Waals surface area contributed by atoms with Crippen molar-refractivity contribution in [1.82, 2.24) is 29.9 Å². The SMILES string of the molecule is CC(C)(C)Nc1nc(C(C)(C)C)c(-c2nc(N3CCOCC3)c3[nH]c(Cl)nc3n2)c(C(F)(F)F)n1.O=C(O)OC(=O)O. The van der Waals surface area contributed by atoms with Gasteiger partial charge in [0.1, 0.15) is 5.52 Å². The van der Waals surface area contributed by atoms with Crippen molar-refractivity contribution in [2.24, 2.45) is 0 Å². The maximum absolute atomic E-state index is 14.4. The number of carboxylic acid groups (broad SMARTS) is 2. The van der Waals surface area contributed by atoms with E-state index in [1.165, 1.54) is 0 Å². The molecule has 3 aromatic rings. The van der Waals surface area contributed by atoms with Gasteiger partial charge in [-0.25, -0.2) is 29.5 Å². The highest BCUT2D eigenvalue weighted by Crippen LogP contribution is 2.41. The van der Waals surface area contributed by atoms with Crippen LogP contribution in [0.25, 0.3) is 22.6 Å². The van der Waals surface area contributed by atoms with E-state index in [1.807, 2.05) is 25.7 Å². The standard InChI is InChI=1S/C22H28ClF3N8O.C2H2O5/c1-20(2,3)13-11(14(22(24,25)26)29-19(28-13)33-21(4,5)6)15-30-16-12(27-18(23)32-16)17(31-15)34-7-9-35-10-8-34;3-1(4)7-2(5)6/h7-10H2,1-6H3,(H,28,29,33)(H,27,30,31,32);(H,3,4)(H,5,6).